The van der Waals surface area contributed by atoms with Crippen molar-refractivity contribution in [1.82, 2.24) is 5.32 Å². The summed E-state index contributed by atoms with van der Waals surface area (Å²) in [5, 5.41) is 14.1. The maximum absolute atomic E-state index is 9.14. The normalized spacial score (nSPS) is 11.6. The summed E-state index contributed by atoms with van der Waals surface area (Å²) in [6, 6.07) is 17.1. The first-order chi connectivity index (χ1) is 9.99. The molecule has 0 amide bonds. The van der Waals surface area contributed by atoms with Gasteiger partial charge in [-0.05, 0) is 16.7 Å². The summed E-state index contributed by atoms with van der Waals surface area (Å²) in [7, 11) is -1.19. The summed E-state index contributed by atoms with van der Waals surface area (Å²) >= 11 is 0. The van der Waals surface area contributed by atoms with Crippen LogP contribution in [0.25, 0.3) is 0 Å². The third-order valence-corrected chi connectivity index (χ3v) is 5.72. The first-order valence-electron chi connectivity index (χ1n) is 7.48. The number of hydrogen-bond acceptors (Lipinski definition) is 2. The fraction of sp³-hybridized carbons (Fsp3) is 0.333. The monoisotopic (exact) mass is 299 g/mol. The van der Waals surface area contributed by atoms with Crippen LogP contribution in [-0.2, 0) is 19.7 Å². The topological polar surface area (TPSA) is 32.3 Å². The SMILES string of the molecule is C[Si](C)(C)c1ccc(CNCc2cccc(CO)c2)cc1. The molecule has 0 atom stereocenters. The molecule has 0 aliphatic rings. The van der Waals surface area contributed by atoms with E-state index in [2.05, 4.69) is 55.3 Å². The van der Waals surface area contributed by atoms with E-state index in [1.54, 1.807) is 0 Å². The summed E-state index contributed by atoms with van der Waals surface area (Å²) in [6.07, 6.45) is 0. The summed E-state index contributed by atoms with van der Waals surface area (Å²) in [5.41, 5.74) is 3.49. The Bertz CT molecular complexity index is 573. The van der Waals surface area contributed by atoms with E-state index in [4.69, 9.17) is 5.11 Å². The van der Waals surface area contributed by atoms with Crippen molar-refractivity contribution in [2.45, 2.75) is 39.3 Å². The summed E-state index contributed by atoms with van der Waals surface area (Å²) in [5.74, 6) is 0. The molecular formula is C18H25NOSi. The van der Waals surface area contributed by atoms with Gasteiger partial charge in [0, 0.05) is 13.1 Å². The van der Waals surface area contributed by atoms with Crippen molar-refractivity contribution in [2.24, 2.45) is 0 Å². The highest BCUT2D eigenvalue weighted by atomic mass is 28.3. The van der Waals surface area contributed by atoms with Gasteiger partial charge in [0.2, 0.25) is 0 Å². The molecule has 0 aromatic heterocycles. The third kappa shape index (κ3) is 4.81. The second-order valence-electron chi connectivity index (χ2n) is 6.53. The molecule has 0 fully saturated rings. The molecule has 3 heteroatoms. The molecule has 0 aliphatic heterocycles. The molecular weight excluding hydrogens is 274 g/mol. The molecule has 0 saturated carbocycles. The molecule has 2 aromatic rings. The van der Waals surface area contributed by atoms with Crippen molar-refractivity contribution in [1.29, 1.82) is 0 Å². The number of aliphatic hydroxyl groups is 1. The number of nitrogens with one attached hydrogen (secondary N) is 1. The Hall–Kier alpha value is -1.42. The van der Waals surface area contributed by atoms with Gasteiger partial charge in [0.25, 0.3) is 0 Å². The predicted molar refractivity (Wildman–Crippen MR) is 92.3 cm³/mol. The van der Waals surface area contributed by atoms with Crippen LogP contribution in [-0.4, -0.2) is 13.2 Å². The molecule has 21 heavy (non-hydrogen) atoms. The summed E-state index contributed by atoms with van der Waals surface area (Å²) < 4.78 is 0. The van der Waals surface area contributed by atoms with Crippen LogP contribution in [0.5, 0.6) is 0 Å². The number of aliphatic hydroxyl groups excluding tert-OH is 1. The van der Waals surface area contributed by atoms with Crippen molar-refractivity contribution in [3.63, 3.8) is 0 Å². The van der Waals surface area contributed by atoms with E-state index in [-0.39, 0.29) is 6.61 Å². The second kappa shape index (κ2) is 7.03. The molecule has 2 aromatic carbocycles. The van der Waals surface area contributed by atoms with Crippen molar-refractivity contribution < 1.29 is 5.11 Å². The van der Waals surface area contributed by atoms with Gasteiger partial charge in [0.1, 0.15) is 0 Å². The first-order valence-corrected chi connectivity index (χ1v) is 11.0. The molecule has 2 nitrogen and oxygen atoms in total. The molecule has 2 N–H and O–H groups in total. The van der Waals surface area contributed by atoms with Gasteiger partial charge in [-0.1, -0.05) is 73.4 Å². The predicted octanol–water partition coefficient (Wildman–Crippen LogP) is 3.01. The summed E-state index contributed by atoms with van der Waals surface area (Å²) in [4.78, 5) is 0. The average Bonchev–Trinajstić information content (AvgIpc) is 2.47. The Kier molecular flexibility index (Phi) is 5.34. The maximum Gasteiger partial charge on any atom is 0.0775 e. The Morgan fingerprint density at radius 2 is 1.48 bits per heavy atom. The largest absolute Gasteiger partial charge is 0.392 e. The van der Waals surface area contributed by atoms with Gasteiger partial charge in [0.05, 0.1) is 14.7 Å². The zero-order valence-corrected chi connectivity index (χ0v) is 14.2. The van der Waals surface area contributed by atoms with Crippen molar-refractivity contribution in [2.75, 3.05) is 0 Å². The van der Waals surface area contributed by atoms with Crippen LogP contribution < -0.4 is 10.5 Å². The molecule has 0 aliphatic carbocycles. The van der Waals surface area contributed by atoms with E-state index in [1.807, 2.05) is 18.2 Å². The summed E-state index contributed by atoms with van der Waals surface area (Å²) in [6.45, 7) is 8.90. The maximum atomic E-state index is 9.14. The Morgan fingerprint density at radius 1 is 0.857 bits per heavy atom. The minimum Gasteiger partial charge on any atom is -0.392 e. The van der Waals surface area contributed by atoms with Crippen LogP contribution in [0.3, 0.4) is 0 Å². The van der Waals surface area contributed by atoms with Crippen LogP contribution >= 0.6 is 0 Å². The average molecular weight is 299 g/mol. The molecule has 0 unspecified atom stereocenters. The van der Waals surface area contributed by atoms with Gasteiger partial charge in [-0.3, -0.25) is 0 Å². The van der Waals surface area contributed by atoms with Gasteiger partial charge >= 0.3 is 0 Å². The smallest absolute Gasteiger partial charge is 0.0775 e. The molecule has 0 bridgehead atoms. The van der Waals surface area contributed by atoms with Crippen molar-refractivity contribution >= 4 is 13.3 Å². The van der Waals surface area contributed by atoms with Crippen LogP contribution in [0.2, 0.25) is 19.6 Å². The number of rotatable bonds is 6. The van der Waals surface area contributed by atoms with Gasteiger partial charge in [0.15, 0.2) is 0 Å². The van der Waals surface area contributed by atoms with Gasteiger partial charge in [-0.25, -0.2) is 0 Å². The third-order valence-electron chi connectivity index (χ3n) is 3.65. The van der Waals surface area contributed by atoms with E-state index >= 15 is 0 Å². The standard InChI is InChI=1S/C18H25NOSi/c1-21(2,3)18-9-7-15(8-10-18)12-19-13-16-5-4-6-17(11-16)14-20/h4-11,19-20H,12-14H2,1-3H3. The molecule has 2 rings (SSSR count). The lowest BCUT2D eigenvalue weighted by atomic mass is 10.1. The highest BCUT2D eigenvalue weighted by Crippen LogP contribution is 2.07. The molecule has 0 saturated heterocycles. The lowest BCUT2D eigenvalue weighted by Gasteiger charge is -2.16. The highest BCUT2D eigenvalue weighted by molar-refractivity contribution is 6.88. The quantitative estimate of drug-likeness (QED) is 0.804. The Balaban J connectivity index is 1.88. The Morgan fingerprint density at radius 3 is 2.10 bits per heavy atom. The first kappa shape index (κ1) is 16.0. The van der Waals surface area contributed by atoms with Gasteiger partial charge < -0.3 is 10.4 Å². The minimum absolute atomic E-state index is 0.103. The zero-order valence-electron chi connectivity index (χ0n) is 13.2. The van der Waals surface area contributed by atoms with Crippen LogP contribution in [0, 0.1) is 0 Å². The van der Waals surface area contributed by atoms with Crippen LogP contribution in [0.4, 0.5) is 0 Å². The molecule has 0 spiro atoms. The van der Waals surface area contributed by atoms with Crippen LogP contribution in [0.1, 0.15) is 16.7 Å². The number of benzene rings is 2. The van der Waals surface area contributed by atoms with E-state index in [1.165, 1.54) is 16.3 Å². The van der Waals surface area contributed by atoms with E-state index in [9.17, 15) is 0 Å². The van der Waals surface area contributed by atoms with Gasteiger partial charge in [-0.15, -0.1) is 0 Å². The number of hydrogen-bond donors (Lipinski definition) is 2. The Labute approximate surface area is 128 Å². The van der Waals surface area contributed by atoms with Crippen molar-refractivity contribution in [3.05, 3.63) is 65.2 Å². The fourth-order valence-electron chi connectivity index (χ4n) is 2.31. The molecule has 0 radical (unpaired) electrons. The van der Waals surface area contributed by atoms with Crippen LogP contribution in [0.15, 0.2) is 48.5 Å². The molecule has 112 valence electrons. The lowest BCUT2D eigenvalue weighted by molar-refractivity contribution is 0.281. The van der Waals surface area contributed by atoms with E-state index < -0.39 is 8.07 Å². The van der Waals surface area contributed by atoms with Gasteiger partial charge in [-0.2, -0.15) is 0 Å². The highest BCUT2D eigenvalue weighted by Gasteiger charge is 2.15. The fourth-order valence-corrected chi connectivity index (χ4v) is 3.48. The van der Waals surface area contributed by atoms with E-state index in [0.717, 1.165) is 18.7 Å². The lowest BCUT2D eigenvalue weighted by Crippen LogP contribution is -2.37. The molecule has 0 heterocycles. The van der Waals surface area contributed by atoms with Crippen molar-refractivity contribution in [3.8, 4) is 0 Å². The zero-order chi connectivity index (χ0) is 15.3. The van der Waals surface area contributed by atoms with E-state index in [0.29, 0.717) is 0 Å². The second-order valence-corrected chi connectivity index (χ2v) is 11.6. The minimum atomic E-state index is -1.19.